The van der Waals surface area contributed by atoms with Crippen molar-refractivity contribution in [2.45, 2.75) is 71.5 Å². The monoisotopic (exact) mass is 269 g/mol. The Morgan fingerprint density at radius 1 is 1.16 bits per heavy atom. The highest BCUT2D eigenvalue weighted by Gasteiger charge is 2.25. The van der Waals surface area contributed by atoms with Crippen LogP contribution in [0.5, 0.6) is 0 Å². The third-order valence-corrected chi connectivity index (χ3v) is 4.60. The van der Waals surface area contributed by atoms with Crippen molar-refractivity contribution in [3.05, 3.63) is 0 Å². The largest absolute Gasteiger partial charge is 0.313 e. The van der Waals surface area contributed by atoms with Crippen LogP contribution in [0.15, 0.2) is 0 Å². The summed E-state index contributed by atoms with van der Waals surface area (Å²) in [5.74, 6) is 0. The highest BCUT2D eigenvalue weighted by atomic mass is 15.3. The lowest BCUT2D eigenvalue weighted by Crippen LogP contribution is -2.56. The summed E-state index contributed by atoms with van der Waals surface area (Å²) in [4.78, 5) is 5.11. The molecule has 0 bridgehead atoms. The van der Waals surface area contributed by atoms with E-state index in [1.54, 1.807) is 0 Å². The normalized spacial score (nSPS) is 27.6. The van der Waals surface area contributed by atoms with Crippen molar-refractivity contribution in [2.24, 2.45) is 0 Å². The van der Waals surface area contributed by atoms with Gasteiger partial charge in [0.05, 0.1) is 0 Å². The average molecular weight is 269 g/mol. The number of piperazine rings is 1. The Labute approximate surface area is 120 Å². The van der Waals surface area contributed by atoms with E-state index < -0.39 is 0 Å². The van der Waals surface area contributed by atoms with Crippen LogP contribution in [-0.4, -0.2) is 61.2 Å². The van der Waals surface area contributed by atoms with E-state index in [0.717, 1.165) is 6.54 Å². The van der Waals surface area contributed by atoms with E-state index in [1.807, 2.05) is 0 Å². The minimum absolute atomic E-state index is 0.675. The Morgan fingerprint density at radius 2 is 1.79 bits per heavy atom. The predicted octanol–water partition coefficient (Wildman–Crippen LogP) is 2.57. The van der Waals surface area contributed by atoms with Crippen LogP contribution in [0.4, 0.5) is 0 Å². The van der Waals surface area contributed by atoms with E-state index in [1.165, 1.54) is 45.3 Å². The Balaban J connectivity index is 2.12. The zero-order valence-electron chi connectivity index (χ0n) is 13.8. The van der Waals surface area contributed by atoms with Crippen molar-refractivity contribution in [1.29, 1.82) is 0 Å². The molecule has 19 heavy (non-hydrogen) atoms. The number of unbranched alkanes of at least 4 members (excludes halogenated alkanes) is 2. The van der Waals surface area contributed by atoms with Gasteiger partial charge in [-0.25, -0.2) is 0 Å². The Hall–Kier alpha value is -0.120. The molecule has 1 aliphatic rings. The lowest BCUT2D eigenvalue weighted by molar-refractivity contribution is 0.0604. The lowest BCUT2D eigenvalue weighted by atomic mass is 10.1. The van der Waals surface area contributed by atoms with Gasteiger partial charge in [0.2, 0.25) is 0 Å². The molecular weight excluding hydrogens is 234 g/mol. The summed E-state index contributed by atoms with van der Waals surface area (Å²) in [5.41, 5.74) is 0. The van der Waals surface area contributed by atoms with Crippen molar-refractivity contribution in [2.75, 3.05) is 33.2 Å². The predicted molar refractivity (Wildman–Crippen MR) is 84.7 cm³/mol. The molecule has 1 heterocycles. The van der Waals surface area contributed by atoms with Crippen LogP contribution < -0.4 is 5.32 Å². The van der Waals surface area contributed by atoms with Crippen LogP contribution >= 0.6 is 0 Å². The molecule has 0 saturated carbocycles. The maximum absolute atomic E-state index is 3.67. The summed E-state index contributed by atoms with van der Waals surface area (Å²) in [7, 11) is 2.25. The summed E-state index contributed by atoms with van der Waals surface area (Å²) in [6.45, 7) is 14.0. The zero-order valence-corrected chi connectivity index (χ0v) is 13.8. The van der Waals surface area contributed by atoms with Gasteiger partial charge in [-0.2, -0.15) is 0 Å². The minimum atomic E-state index is 0.675. The van der Waals surface area contributed by atoms with Crippen molar-refractivity contribution >= 4 is 0 Å². The second-order valence-corrected chi connectivity index (χ2v) is 6.47. The lowest BCUT2D eigenvalue weighted by Gasteiger charge is -2.42. The first-order valence-electron chi connectivity index (χ1n) is 8.22. The fourth-order valence-electron chi connectivity index (χ4n) is 2.97. The topological polar surface area (TPSA) is 18.5 Å². The van der Waals surface area contributed by atoms with Crippen LogP contribution in [0, 0.1) is 0 Å². The number of rotatable bonds is 8. The molecule has 3 heteroatoms. The fraction of sp³-hybridized carbons (Fsp3) is 1.00. The molecule has 1 fully saturated rings. The standard InChI is InChI=1S/C16H35N3/c1-6-7-8-9-14(2)17-10-11-19-12-15(3)18(5)16(4)13-19/h14-17H,6-13H2,1-5H3. The van der Waals surface area contributed by atoms with E-state index in [2.05, 4.69) is 49.9 Å². The minimum Gasteiger partial charge on any atom is -0.313 e. The Kier molecular flexibility index (Phi) is 7.96. The summed E-state index contributed by atoms with van der Waals surface area (Å²) in [6.07, 6.45) is 5.39. The smallest absolute Gasteiger partial charge is 0.0195 e. The van der Waals surface area contributed by atoms with Gasteiger partial charge in [-0.15, -0.1) is 0 Å². The summed E-state index contributed by atoms with van der Waals surface area (Å²) >= 11 is 0. The van der Waals surface area contributed by atoms with Crippen molar-refractivity contribution < 1.29 is 0 Å². The molecule has 0 spiro atoms. The third-order valence-electron chi connectivity index (χ3n) is 4.60. The van der Waals surface area contributed by atoms with Crippen LogP contribution in [0.25, 0.3) is 0 Å². The second-order valence-electron chi connectivity index (χ2n) is 6.47. The number of nitrogens with one attached hydrogen (secondary N) is 1. The summed E-state index contributed by atoms with van der Waals surface area (Å²) in [5, 5.41) is 3.67. The number of hydrogen-bond donors (Lipinski definition) is 1. The van der Waals surface area contributed by atoms with Gasteiger partial charge in [0.1, 0.15) is 0 Å². The third kappa shape index (κ3) is 6.24. The van der Waals surface area contributed by atoms with E-state index in [9.17, 15) is 0 Å². The molecule has 0 radical (unpaired) electrons. The van der Waals surface area contributed by atoms with Gasteiger partial charge in [-0.3, -0.25) is 9.80 Å². The van der Waals surface area contributed by atoms with Gasteiger partial charge >= 0.3 is 0 Å². The molecule has 1 rings (SSSR count). The quantitative estimate of drug-likeness (QED) is 0.683. The van der Waals surface area contributed by atoms with Gasteiger partial charge in [-0.1, -0.05) is 26.2 Å². The fourth-order valence-corrected chi connectivity index (χ4v) is 2.97. The molecule has 1 N–H and O–H groups in total. The molecule has 1 saturated heterocycles. The maximum Gasteiger partial charge on any atom is 0.0195 e. The van der Waals surface area contributed by atoms with Crippen LogP contribution in [0.1, 0.15) is 53.4 Å². The molecule has 3 atom stereocenters. The van der Waals surface area contributed by atoms with E-state index in [0.29, 0.717) is 18.1 Å². The molecule has 0 aromatic heterocycles. The second kappa shape index (κ2) is 8.93. The zero-order chi connectivity index (χ0) is 14.3. The Bertz CT molecular complexity index is 220. The maximum atomic E-state index is 3.67. The van der Waals surface area contributed by atoms with Gasteiger partial charge in [-0.05, 0) is 34.2 Å². The number of nitrogens with zero attached hydrogens (tertiary/aromatic N) is 2. The van der Waals surface area contributed by atoms with Crippen molar-refractivity contribution in [3.63, 3.8) is 0 Å². The summed E-state index contributed by atoms with van der Waals surface area (Å²) in [6, 6.07) is 2.05. The molecule has 0 aromatic rings. The molecule has 114 valence electrons. The molecule has 3 unspecified atom stereocenters. The van der Waals surface area contributed by atoms with Crippen LogP contribution in [0.2, 0.25) is 0 Å². The van der Waals surface area contributed by atoms with Crippen molar-refractivity contribution in [1.82, 2.24) is 15.1 Å². The average Bonchev–Trinajstić information content (AvgIpc) is 2.36. The van der Waals surface area contributed by atoms with Crippen LogP contribution in [0.3, 0.4) is 0 Å². The highest BCUT2D eigenvalue weighted by molar-refractivity contribution is 4.82. The van der Waals surface area contributed by atoms with Crippen LogP contribution in [-0.2, 0) is 0 Å². The molecular formula is C16H35N3. The molecule has 0 amide bonds. The molecule has 3 nitrogen and oxygen atoms in total. The Morgan fingerprint density at radius 3 is 2.37 bits per heavy atom. The first-order chi connectivity index (χ1) is 9.04. The van der Waals surface area contributed by atoms with Gasteiger partial charge in [0, 0.05) is 44.3 Å². The molecule has 0 aromatic carbocycles. The number of hydrogen-bond acceptors (Lipinski definition) is 3. The van der Waals surface area contributed by atoms with E-state index in [4.69, 9.17) is 0 Å². The highest BCUT2D eigenvalue weighted by Crippen LogP contribution is 2.12. The molecule has 0 aliphatic carbocycles. The molecule has 1 aliphatic heterocycles. The first kappa shape index (κ1) is 16.9. The SMILES string of the molecule is CCCCCC(C)NCCN1CC(C)N(C)C(C)C1. The van der Waals surface area contributed by atoms with E-state index in [-0.39, 0.29) is 0 Å². The van der Waals surface area contributed by atoms with Gasteiger partial charge < -0.3 is 5.32 Å². The van der Waals surface area contributed by atoms with Gasteiger partial charge in [0.15, 0.2) is 0 Å². The van der Waals surface area contributed by atoms with Crippen molar-refractivity contribution in [3.8, 4) is 0 Å². The number of likely N-dealkylation sites (N-methyl/N-ethyl adjacent to an activating group) is 1. The van der Waals surface area contributed by atoms with Gasteiger partial charge in [0.25, 0.3) is 0 Å². The first-order valence-corrected chi connectivity index (χ1v) is 8.22. The summed E-state index contributed by atoms with van der Waals surface area (Å²) < 4.78 is 0. The van der Waals surface area contributed by atoms with E-state index >= 15 is 0 Å².